The van der Waals surface area contributed by atoms with Gasteiger partial charge in [0.15, 0.2) is 0 Å². The van der Waals surface area contributed by atoms with Gasteiger partial charge in [0.2, 0.25) is 0 Å². The second-order valence-electron chi connectivity index (χ2n) is 5.64. The average molecular weight is 262 g/mol. The first-order chi connectivity index (χ1) is 9.27. The molecule has 2 unspecified atom stereocenters. The van der Waals surface area contributed by atoms with Crippen LogP contribution in [0.5, 0.6) is 0 Å². The van der Waals surface area contributed by atoms with E-state index < -0.39 is 0 Å². The summed E-state index contributed by atoms with van der Waals surface area (Å²) in [5.74, 6) is 1.27. The minimum Gasteiger partial charge on any atom is -0.380 e. The molecule has 0 spiro atoms. The fourth-order valence-electron chi connectivity index (χ4n) is 2.14. The van der Waals surface area contributed by atoms with Gasteiger partial charge in [-0.15, -0.1) is 0 Å². The number of nitrogens with one attached hydrogen (secondary N) is 1. The highest BCUT2D eigenvalue weighted by Crippen LogP contribution is 2.28. The maximum absolute atomic E-state index is 6.26. The van der Waals surface area contributed by atoms with E-state index in [-0.39, 0.29) is 6.04 Å². The third-order valence-electron chi connectivity index (χ3n) is 3.74. The molecule has 106 valence electrons. The Balaban J connectivity index is 1.56. The lowest BCUT2D eigenvalue weighted by Gasteiger charge is -2.20. The van der Waals surface area contributed by atoms with E-state index in [1.165, 1.54) is 18.4 Å². The Hall–Kier alpha value is -0.900. The molecule has 3 N–H and O–H groups in total. The lowest BCUT2D eigenvalue weighted by Crippen LogP contribution is -2.31. The first-order valence-electron chi connectivity index (χ1n) is 7.36. The van der Waals surface area contributed by atoms with Crippen molar-refractivity contribution in [3.8, 4) is 0 Å². The summed E-state index contributed by atoms with van der Waals surface area (Å²) in [5.41, 5.74) is 7.47. The van der Waals surface area contributed by atoms with Gasteiger partial charge in [-0.25, -0.2) is 0 Å². The fraction of sp³-hybridized carbons (Fsp3) is 0.625. The van der Waals surface area contributed by atoms with E-state index in [0.717, 1.165) is 32.2 Å². The maximum atomic E-state index is 6.26. The van der Waals surface area contributed by atoms with Crippen LogP contribution in [0.15, 0.2) is 30.3 Å². The molecule has 1 aliphatic carbocycles. The Morgan fingerprint density at radius 1 is 1.32 bits per heavy atom. The Bertz CT molecular complexity index is 351. The van der Waals surface area contributed by atoms with Gasteiger partial charge in [-0.05, 0) is 36.8 Å². The molecule has 3 heteroatoms. The van der Waals surface area contributed by atoms with Crippen molar-refractivity contribution in [1.82, 2.24) is 5.32 Å². The van der Waals surface area contributed by atoms with Crippen LogP contribution in [0.3, 0.4) is 0 Å². The summed E-state index contributed by atoms with van der Waals surface area (Å²) in [6.07, 6.45) is 2.72. The minimum atomic E-state index is 0.0982. The van der Waals surface area contributed by atoms with E-state index in [1.54, 1.807) is 0 Å². The van der Waals surface area contributed by atoms with Gasteiger partial charge in [0.1, 0.15) is 0 Å². The quantitative estimate of drug-likeness (QED) is 0.672. The molecular weight excluding hydrogens is 236 g/mol. The summed E-state index contributed by atoms with van der Waals surface area (Å²) >= 11 is 0. The maximum Gasteiger partial charge on any atom is 0.0591 e. The highest BCUT2D eigenvalue weighted by molar-refractivity contribution is 5.19. The number of hydrogen-bond acceptors (Lipinski definition) is 3. The molecular formula is C16H26N2O. The zero-order valence-corrected chi connectivity index (χ0v) is 11.8. The van der Waals surface area contributed by atoms with E-state index in [2.05, 4.69) is 24.4 Å². The van der Waals surface area contributed by atoms with Crippen LogP contribution in [0.4, 0.5) is 0 Å². The molecule has 0 radical (unpaired) electrons. The number of benzene rings is 1. The van der Waals surface area contributed by atoms with Crippen molar-refractivity contribution < 1.29 is 4.74 Å². The summed E-state index contributed by atoms with van der Waals surface area (Å²) in [6.45, 7) is 5.79. The summed E-state index contributed by atoms with van der Waals surface area (Å²) in [6, 6.07) is 10.4. The molecule has 0 saturated heterocycles. The van der Waals surface area contributed by atoms with Crippen LogP contribution in [0.2, 0.25) is 0 Å². The van der Waals surface area contributed by atoms with Crippen LogP contribution in [0.1, 0.15) is 31.4 Å². The first-order valence-corrected chi connectivity index (χ1v) is 7.36. The zero-order chi connectivity index (χ0) is 13.5. The van der Waals surface area contributed by atoms with Gasteiger partial charge in [0.05, 0.1) is 6.61 Å². The second-order valence-corrected chi connectivity index (χ2v) is 5.64. The normalized spacial score (nSPS) is 18.2. The van der Waals surface area contributed by atoms with Crippen LogP contribution >= 0.6 is 0 Å². The smallest absolute Gasteiger partial charge is 0.0591 e. The van der Waals surface area contributed by atoms with Gasteiger partial charge >= 0.3 is 0 Å². The highest BCUT2D eigenvalue weighted by atomic mass is 16.5. The SMILES string of the molecule is CC(CNCCOCC1CC1)C(N)c1ccccc1. The van der Waals surface area contributed by atoms with Crippen LogP contribution in [-0.2, 0) is 4.74 Å². The van der Waals surface area contributed by atoms with Crippen molar-refractivity contribution in [2.45, 2.75) is 25.8 Å². The molecule has 2 atom stereocenters. The predicted molar refractivity (Wildman–Crippen MR) is 78.9 cm³/mol. The molecule has 1 aromatic carbocycles. The van der Waals surface area contributed by atoms with Crippen molar-refractivity contribution >= 4 is 0 Å². The first kappa shape index (κ1) is 14.5. The number of ether oxygens (including phenoxy) is 1. The highest BCUT2D eigenvalue weighted by Gasteiger charge is 2.20. The number of nitrogens with two attached hydrogens (primary N) is 1. The third kappa shape index (κ3) is 5.31. The van der Waals surface area contributed by atoms with E-state index in [0.29, 0.717) is 5.92 Å². The van der Waals surface area contributed by atoms with Gasteiger partial charge in [-0.2, -0.15) is 0 Å². The number of hydrogen-bond donors (Lipinski definition) is 2. The molecule has 0 aliphatic heterocycles. The molecule has 2 rings (SSSR count). The van der Waals surface area contributed by atoms with E-state index >= 15 is 0 Å². The van der Waals surface area contributed by atoms with Crippen LogP contribution in [-0.4, -0.2) is 26.3 Å². The van der Waals surface area contributed by atoms with Crippen molar-refractivity contribution in [2.24, 2.45) is 17.6 Å². The second kappa shape index (κ2) is 7.63. The van der Waals surface area contributed by atoms with Crippen LogP contribution in [0.25, 0.3) is 0 Å². The summed E-state index contributed by atoms with van der Waals surface area (Å²) in [7, 11) is 0. The molecule has 1 fully saturated rings. The Morgan fingerprint density at radius 2 is 2.05 bits per heavy atom. The van der Waals surface area contributed by atoms with Crippen LogP contribution in [0, 0.1) is 11.8 Å². The van der Waals surface area contributed by atoms with Gasteiger partial charge in [0.25, 0.3) is 0 Å². The van der Waals surface area contributed by atoms with Crippen molar-refractivity contribution in [2.75, 3.05) is 26.3 Å². The average Bonchev–Trinajstić information content (AvgIpc) is 3.26. The fourth-order valence-corrected chi connectivity index (χ4v) is 2.14. The Labute approximate surface area is 116 Å². The van der Waals surface area contributed by atoms with Crippen molar-refractivity contribution in [3.05, 3.63) is 35.9 Å². The standard InChI is InChI=1S/C16H26N2O/c1-13(16(17)15-5-3-2-4-6-15)11-18-9-10-19-12-14-7-8-14/h2-6,13-14,16,18H,7-12,17H2,1H3. The largest absolute Gasteiger partial charge is 0.380 e. The summed E-state index contributed by atoms with van der Waals surface area (Å²) in [4.78, 5) is 0. The number of rotatable bonds is 9. The molecule has 0 bridgehead atoms. The van der Waals surface area contributed by atoms with Gasteiger partial charge in [-0.3, -0.25) is 0 Å². The van der Waals surface area contributed by atoms with E-state index in [9.17, 15) is 0 Å². The molecule has 1 saturated carbocycles. The monoisotopic (exact) mass is 262 g/mol. The topological polar surface area (TPSA) is 47.3 Å². The Morgan fingerprint density at radius 3 is 2.74 bits per heavy atom. The molecule has 3 nitrogen and oxygen atoms in total. The molecule has 0 amide bonds. The van der Waals surface area contributed by atoms with Gasteiger partial charge < -0.3 is 15.8 Å². The molecule has 1 aliphatic rings. The molecule has 0 aromatic heterocycles. The predicted octanol–water partition coefficient (Wildman–Crippen LogP) is 2.34. The van der Waals surface area contributed by atoms with E-state index in [4.69, 9.17) is 10.5 Å². The molecule has 0 heterocycles. The minimum absolute atomic E-state index is 0.0982. The summed E-state index contributed by atoms with van der Waals surface area (Å²) in [5, 5.41) is 3.42. The van der Waals surface area contributed by atoms with Crippen LogP contribution < -0.4 is 11.1 Å². The van der Waals surface area contributed by atoms with Crippen molar-refractivity contribution in [1.29, 1.82) is 0 Å². The van der Waals surface area contributed by atoms with Crippen molar-refractivity contribution in [3.63, 3.8) is 0 Å². The zero-order valence-electron chi connectivity index (χ0n) is 11.8. The summed E-state index contributed by atoms with van der Waals surface area (Å²) < 4.78 is 5.59. The Kier molecular flexibility index (Phi) is 5.83. The lowest BCUT2D eigenvalue weighted by molar-refractivity contribution is 0.125. The third-order valence-corrected chi connectivity index (χ3v) is 3.74. The molecule has 1 aromatic rings. The lowest BCUT2D eigenvalue weighted by atomic mass is 9.95. The van der Waals surface area contributed by atoms with Gasteiger partial charge in [0, 0.05) is 19.2 Å². The molecule has 19 heavy (non-hydrogen) atoms. The van der Waals surface area contributed by atoms with E-state index in [1.807, 2.05) is 18.2 Å². The van der Waals surface area contributed by atoms with Gasteiger partial charge in [-0.1, -0.05) is 37.3 Å².